The summed E-state index contributed by atoms with van der Waals surface area (Å²) in [6.45, 7) is 7.28. The Morgan fingerprint density at radius 2 is 2.08 bits per heavy atom. The van der Waals surface area contributed by atoms with Crippen LogP contribution >= 0.6 is 11.8 Å². The quantitative estimate of drug-likeness (QED) is 0.692. The zero-order valence-corrected chi connectivity index (χ0v) is 10.1. The van der Waals surface area contributed by atoms with Gasteiger partial charge in [-0.25, -0.2) is 0 Å². The van der Waals surface area contributed by atoms with Gasteiger partial charge >= 0.3 is 0 Å². The van der Waals surface area contributed by atoms with Gasteiger partial charge in [-0.2, -0.15) is 11.8 Å². The van der Waals surface area contributed by atoms with Crippen molar-refractivity contribution in [1.29, 1.82) is 0 Å². The lowest BCUT2D eigenvalue weighted by atomic mass is 10.1. The Labute approximate surface area is 86.6 Å². The number of hydrogen-bond donors (Lipinski definition) is 1. The Hall–Kier alpha value is 0.270. The molecule has 2 nitrogen and oxygen atoms in total. The fourth-order valence-electron chi connectivity index (χ4n) is 0.926. The second-order valence-corrected chi connectivity index (χ2v) is 5.52. The van der Waals surface area contributed by atoms with Crippen molar-refractivity contribution < 1.29 is 4.74 Å². The number of rotatable bonds is 7. The van der Waals surface area contributed by atoms with Crippen molar-refractivity contribution in [2.24, 2.45) is 5.73 Å². The predicted octanol–water partition coefficient (Wildman–Crippen LogP) is 2.27. The highest BCUT2D eigenvalue weighted by molar-refractivity contribution is 7.99. The molecule has 1 unspecified atom stereocenters. The number of thioether (sulfide) groups is 1. The first kappa shape index (κ1) is 13.3. The normalized spacial score (nSPS) is 14.5. The molecule has 0 fully saturated rings. The Bertz CT molecular complexity index is 128. The number of nitrogens with two attached hydrogens (primary N) is 1. The topological polar surface area (TPSA) is 35.2 Å². The molecule has 0 heterocycles. The van der Waals surface area contributed by atoms with Gasteiger partial charge in [0, 0.05) is 12.4 Å². The van der Waals surface area contributed by atoms with Crippen LogP contribution < -0.4 is 5.73 Å². The van der Waals surface area contributed by atoms with Gasteiger partial charge < -0.3 is 10.5 Å². The van der Waals surface area contributed by atoms with Crippen LogP contribution in [0, 0.1) is 0 Å². The van der Waals surface area contributed by atoms with Crippen molar-refractivity contribution in [2.75, 3.05) is 19.4 Å². The molecule has 3 heteroatoms. The summed E-state index contributed by atoms with van der Waals surface area (Å²) in [5, 5.41) is 0.678. The molecular formula is C10H23NOS. The summed E-state index contributed by atoms with van der Waals surface area (Å²) < 4.78 is 5.34. The summed E-state index contributed by atoms with van der Waals surface area (Å²) in [7, 11) is 1.77. The van der Waals surface area contributed by atoms with Crippen molar-refractivity contribution in [3.63, 3.8) is 0 Å². The third-order valence-electron chi connectivity index (χ3n) is 2.23. The molecule has 2 N–H and O–H groups in total. The summed E-state index contributed by atoms with van der Waals surface area (Å²) in [4.78, 5) is 0. The average Bonchev–Trinajstić information content (AvgIpc) is 2.05. The van der Waals surface area contributed by atoms with E-state index in [2.05, 4.69) is 20.8 Å². The van der Waals surface area contributed by atoms with Gasteiger partial charge in [0.1, 0.15) is 0 Å². The smallest absolute Gasteiger partial charge is 0.0630 e. The Balaban J connectivity index is 3.44. The van der Waals surface area contributed by atoms with Crippen molar-refractivity contribution in [1.82, 2.24) is 0 Å². The zero-order chi connectivity index (χ0) is 10.3. The maximum atomic E-state index is 5.48. The molecule has 1 atom stereocenters. The van der Waals surface area contributed by atoms with Crippen LogP contribution in [0.2, 0.25) is 0 Å². The van der Waals surface area contributed by atoms with Crippen LogP contribution in [0.25, 0.3) is 0 Å². The van der Waals surface area contributed by atoms with E-state index in [-0.39, 0.29) is 5.60 Å². The molecule has 0 saturated heterocycles. The second-order valence-electron chi connectivity index (χ2n) is 3.97. The Kier molecular flexibility index (Phi) is 6.82. The van der Waals surface area contributed by atoms with E-state index in [1.807, 2.05) is 11.8 Å². The lowest BCUT2D eigenvalue weighted by Crippen LogP contribution is -2.23. The highest BCUT2D eigenvalue weighted by atomic mass is 32.2. The molecule has 0 aromatic heterocycles. The van der Waals surface area contributed by atoms with Gasteiger partial charge in [-0.05, 0) is 39.0 Å². The zero-order valence-electron chi connectivity index (χ0n) is 9.30. The number of hydrogen-bond acceptors (Lipinski definition) is 3. The molecule has 0 aliphatic rings. The van der Waals surface area contributed by atoms with Crippen molar-refractivity contribution in [2.45, 2.75) is 44.5 Å². The van der Waals surface area contributed by atoms with E-state index in [1.54, 1.807) is 7.11 Å². The summed E-state index contributed by atoms with van der Waals surface area (Å²) in [6, 6.07) is 0. The maximum absolute atomic E-state index is 5.48. The molecule has 0 rings (SSSR count). The Morgan fingerprint density at radius 1 is 1.46 bits per heavy atom. The highest BCUT2D eigenvalue weighted by Crippen LogP contribution is 2.20. The standard InChI is InChI=1S/C10H23NOS/c1-9(5-7-11)13-8-6-10(2,3)12-4/h9H,5-8,11H2,1-4H3. The van der Waals surface area contributed by atoms with Crippen LogP contribution in [0.3, 0.4) is 0 Å². The lowest BCUT2D eigenvalue weighted by Gasteiger charge is -2.23. The third kappa shape index (κ3) is 7.35. The van der Waals surface area contributed by atoms with Crippen molar-refractivity contribution in [3.8, 4) is 0 Å². The molecule has 0 radical (unpaired) electrons. The Morgan fingerprint density at radius 3 is 2.54 bits per heavy atom. The predicted molar refractivity (Wildman–Crippen MR) is 61.3 cm³/mol. The highest BCUT2D eigenvalue weighted by Gasteiger charge is 2.16. The van der Waals surface area contributed by atoms with Crippen LogP contribution in [0.15, 0.2) is 0 Å². The van der Waals surface area contributed by atoms with E-state index in [9.17, 15) is 0 Å². The minimum absolute atomic E-state index is 0.0232. The molecule has 0 aliphatic heterocycles. The molecular weight excluding hydrogens is 182 g/mol. The minimum Gasteiger partial charge on any atom is -0.379 e. The van der Waals surface area contributed by atoms with E-state index in [0.29, 0.717) is 5.25 Å². The largest absolute Gasteiger partial charge is 0.379 e. The maximum Gasteiger partial charge on any atom is 0.0630 e. The first-order valence-corrected chi connectivity index (χ1v) is 5.93. The molecule has 80 valence electrons. The fraction of sp³-hybridized carbons (Fsp3) is 1.00. The van der Waals surface area contributed by atoms with Gasteiger partial charge in [-0.15, -0.1) is 0 Å². The first-order chi connectivity index (χ1) is 6.02. The number of methoxy groups -OCH3 is 1. The van der Waals surface area contributed by atoms with Crippen LogP contribution in [-0.4, -0.2) is 30.3 Å². The minimum atomic E-state index is 0.0232. The SMILES string of the molecule is COC(C)(C)CCSC(C)CCN. The molecule has 0 bridgehead atoms. The first-order valence-electron chi connectivity index (χ1n) is 4.88. The molecule has 0 aromatic rings. The summed E-state index contributed by atoms with van der Waals surface area (Å²) in [6.07, 6.45) is 2.21. The van der Waals surface area contributed by atoms with Crippen LogP contribution in [0.5, 0.6) is 0 Å². The van der Waals surface area contributed by atoms with Gasteiger partial charge in [-0.3, -0.25) is 0 Å². The molecule has 0 saturated carbocycles. The molecule has 0 aromatic carbocycles. The average molecular weight is 205 g/mol. The third-order valence-corrected chi connectivity index (χ3v) is 3.48. The van der Waals surface area contributed by atoms with Crippen LogP contribution in [-0.2, 0) is 4.74 Å². The second kappa shape index (κ2) is 6.68. The monoisotopic (exact) mass is 205 g/mol. The van der Waals surface area contributed by atoms with E-state index in [0.717, 1.165) is 25.1 Å². The van der Waals surface area contributed by atoms with Crippen molar-refractivity contribution >= 4 is 11.8 Å². The lowest BCUT2D eigenvalue weighted by molar-refractivity contribution is 0.0206. The van der Waals surface area contributed by atoms with E-state index in [4.69, 9.17) is 10.5 Å². The van der Waals surface area contributed by atoms with Crippen LogP contribution in [0.4, 0.5) is 0 Å². The van der Waals surface area contributed by atoms with E-state index in [1.165, 1.54) is 0 Å². The molecule has 0 aliphatic carbocycles. The summed E-state index contributed by atoms with van der Waals surface area (Å²) >= 11 is 1.98. The molecule has 13 heavy (non-hydrogen) atoms. The van der Waals surface area contributed by atoms with Gasteiger partial charge in [0.2, 0.25) is 0 Å². The van der Waals surface area contributed by atoms with Gasteiger partial charge in [-0.1, -0.05) is 6.92 Å². The molecule has 0 amide bonds. The van der Waals surface area contributed by atoms with E-state index >= 15 is 0 Å². The van der Waals surface area contributed by atoms with Crippen LogP contribution in [0.1, 0.15) is 33.6 Å². The number of ether oxygens (including phenoxy) is 1. The molecule has 0 spiro atoms. The van der Waals surface area contributed by atoms with Gasteiger partial charge in [0.05, 0.1) is 5.60 Å². The van der Waals surface area contributed by atoms with Crippen molar-refractivity contribution in [3.05, 3.63) is 0 Å². The fourth-order valence-corrected chi connectivity index (χ4v) is 2.24. The van der Waals surface area contributed by atoms with Gasteiger partial charge in [0.25, 0.3) is 0 Å². The van der Waals surface area contributed by atoms with E-state index < -0.39 is 0 Å². The summed E-state index contributed by atoms with van der Waals surface area (Å²) in [5.41, 5.74) is 5.50. The summed E-state index contributed by atoms with van der Waals surface area (Å²) in [5.74, 6) is 1.15. The van der Waals surface area contributed by atoms with Gasteiger partial charge in [0.15, 0.2) is 0 Å².